The van der Waals surface area contributed by atoms with Crippen LogP contribution in [0.1, 0.15) is 44.3 Å². The van der Waals surface area contributed by atoms with Gasteiger partial charge in [0.15, 0.2) is 0 Å². The second-order valence-corrected chi connectivity index (χ2v) is 7.17. The third kappa shape index (κ3) is 3.51. The molecular weight excluding hydrogens is 342 g/mol. The Hall–Kier alpha value is -1.84. The van der Waals surface area contributed by atoms with Gasteiger partial charge in [-0.15, -0.1) is 12.4 Å². The average Bonchev–Trinajstić information content (AvgIpc) is 3.02. The van der Waals surface area contributed by atoms with E-state index in [1.165, 1.54) is 54.4 Å². The molecular formula is C22H28ClN3. The molecule has 2 heterocycles. The molecule has 1 unspecified atom stereocenters. The van der Waals surface area contributed by atoms with Gasteiger partial charge in [-0.05, 0) is 38.3 Å². The molecule has 0 N–H and O–H groups in total. The number of hydrogen-bond acceptors (Lipinski definition) is 2. The largest absolute Gasteiger partial charge is 0.282 e. The van der Waals surface area contributed by atoms with Gasteiger partial charge in [-0.3, -0.25) is 4.90 Å². The van der Waals surface area contributed by atoms with E-state index in [1.54, 1.807) is 0 Å². The molecule has 26 heavy (non-hydrogen) atoms. The zero-order valence-electron chi connectivity index (χ0n) is 15.7. The molecule has 0 saturated carbocycles. The summed E-state index contributed by atoms with van der Waals surface area (Å²) in [7, 11) is 0. The van der Waals surface area contributed by atoms with Crippen molar-refractivity contribution in [2.24, 2.45) is 0 Å². The van der Waals surface area contributed by atoms with Crippen molar-refractivity contribution < 1.29 is 0 Å². The lowest BCUT2D eigenvalue weighted by molar-refractivity contribution is 0.103. The smallest absolute Gasteiger partial charge is 0.104 e. The number of aryl methyl sites for hydroxylation is 1. The number of rotatable bonds is 4. The number of hydrogen-bond donors (Lipinski definition) is 0. The maximum absolute atomic E-state index is 5.12. The van der Waals surface area contributed by atoms with Crippen molar-refractivity contribution in [2.45, 2.75) is 45.7 Å². The molecule has 1 saturated heterocycles. The molecule has 1 aliphatic heterocycles. The maximum Gasteiger partial charge on any atom is 0.104 e. The first kappa shape index (κ1) is 18.9. The van der Waals surface area contributed by atoms with E-state index in [9.17, 15) is 0 Å². The SMILES string of the molecule is CCC(N1CCCCC1)n1nc(-c2ccccc2)c2cc(C)ccc21.Cl. The van der Waals surface area contributed by atoms with E-state index in [0.717, 1.165) is 12.1 Å². The lowest BCUT2D eigenvalue weighted by Crippen LogP contribution is -2.37. The normalized spacial score (nSPS) is 16.4. The Morgan fingerprint density at radius 2 is 1.73 bits per heavy atom. The van der Waals surface area contributed by atoms with Crippen LogP contribution in [0.4, 0.5) is 0 Å². The van der Waals surface area contributed by atoms with Crippen LogP contribution in [-0.2, 0) is 0 Å². The van der Waals surface area contributed by atoms with E-state index in [0.29, 0.717) is 6.17 Å². The molecule has 1 atom stereocenters. The van der Waals surface area contributed by atoms with Gasteiger partial charge in [0.05, 0.1) is 5.52 Å². The van der Waals surface area contributed by atoms with Crippen molar-refractivity contribution in [3.8, 4) is 11.3 Å². The van der Waals surface area contributed by atoms with Gasteiger partial charge in [-0.1, -0.05) is 55.3 Å². The van der Waals surface area contributed by atoms with Crippen molar-refractivity contribution in [2.75, 3.05) is 13.1 Å². The molecule has 138 valence electrons. The molecule has 4 rings (SSSR count). The minimum absolute atomic E-state index is 0. The Labute approximate surface area is 162 Å². The number of likely N-dealkylation sites (tertiary alicyclic amines) is 1. The standard InChI is InChI=1S/C22H27N3.ClH/c1-3-21(24-14-8-5-9-15-24)25-20-13-12-17(2)16-19(20)22(23-25)18-10-6-4-7-11-18;/h4,6-7,10-13,16,21H,3,5,8-9,14-15H2,1-2H3;1H. The highest BCUT2D eigenvalue weighted by Gasteiger charge is 2.24. The average molecular weight is 370 g/mol. The Morgan fingerprint density at radius 3 is 2.42 bits per heavy atom. The van der Waals surface area contributed by atoms with Gasteiger partial charge in [0.25, 0.3) is 0 Å². The van der Waals surface area contributed by atoms with Crippen LogP contribution in [0.3, 0.4) is 0 Å². The summed E-state index contributed by atoms with van der Waals surface area (Å²) in [6.45, 7) is 6.81. The number of benzene rings is 2. The van der Waals surface area contributed by atoms with Crippen molar-refractivity contribution in [1.29, 1.82) is 0 Å². The predicted octanol–water partition coefficient (Wildman–Crippen LogP) is 5.83. The second kappa shape index (κ2) is 8.24. The van der Waals surface area contributed by atoms with E-state index in [1.807, 2.05) is 0 Å². The summed E-state index contributed by atoms with van der Waals surface area (Å²) in [5.41, 5.74) is 4.84. The molecule has 0 spiro atoms. The molecule has 0 bridgehead atoms. The maximum atomic E-state index is 5.12. The molecule has 2 aromatic carbocycles. The first-order valence-electron chi connectivity index (χ1n) is 9.56. The molecule has 1 aliphatic rings. The number of aromatic nitrogens is 2. The molecule has 0 amide bonds. The highest BCUT2D eigenvalue weighted by atomic mass is 35.5. The van der Waals surface area contributed by atoms with E-state index < -0.39 is 0 Å². The fourth-order valence-electron chi connectivity index (χ4n) is 4.09. The number of fused-ring (bicyclic) bond motifs is 1. The summed E-state index contributed by atoms with van der Waals surface area (Å²) >= 11 is 0. The lowest BCUT2D eigenvalue weighted by atomic mass is 10.1. The van der Waals surface area contributed by atoms with Gasteiger partial charge in [0.1, 0.15) is 11.9 Å². The molecule has 1 aromatic heterocycles. The van der Waals surface area contributed by atoms with Gasteiger partial charge >= 0.3 is 0 Å². The van der Waals surface area contributed by atoms with Crippen LogP contribution < -0.4 is 0 Å². The summed E-state index contributed by atoms with van der Waals surface area (Å²) in [5.74, 6) is 0. The first-order chi connectivity index (χ1) is 12.3. The van der Waals surface area contributed by atoms with Crippen LogP contribution in [0.15, 0.2) is 48.5 Å². The highest BCUT2D eigenvalue weighted by Crippen LogP contribution is 2.33. The monoisotopic (exact) mass is 369 g/mol. The molecule has 1 fully saturated rings. The van der Waals surface area contributed by atoms with Crippen LogP contribution in [-0.4, -0.2) is 27.8 Å². The van der Waals surface area contributed by atoms with Crippen LogP contribution >= 0.6 is 12.4 Å². The topological polar surface area (TPSA) is 21.1 Å². The summed E-state index contributed by atoms with van der Waals surface area (Å²) in [6, 6.07) is 17.3. The first-order valence-corrected chi connectivity index (χ1v) is 9.56. The Balaban J connectivity index is 0.00000196. The van der Waals surface area contributed by atoms with Crippen molar-refractivity contribution in [3.05, 3.63) is 54.1 Å². The Morgan fingerprint density at radius 1 is 1.00 bits per heavy atom. The lowest BCUT2D eigenvalue weighted by Gasteiger charge is -2.34. The summed E-state index contributed by atoms with van der Waals surface area (Å²) in [5, 5.41) is 6.39. The molecule has 3 aromatic rings. The van der Waals surface area contributed by atoms with Crippen LogP contribution in [0, 0.1) is 6.92 Å². The zero-order valence-corrected chi connectivity index (χ0v) is 16.5. The minimum Gasteiger partial charge on any atom is -0.282 e. The van der Waals surface area contributed by atoms with Gasteiger partial charge in [0.2, 0.25) is 0 Å². The Kier molecular flexibility index (Phi) is 6.00. The minimum atomic E-state index is 0. The summed E-state index contributed by atoms with van der Waals surface area (Å²) < 4.78 is 2.28. The third-order valence-corrected chi connectivity index (χ3v) is 5.37. The third-order valence-electron chi connectivity index (χ3n) is 5.37. The van der Waals surface area contributed by atoms with E-state index in [2.05, 4.69) is 72.0 Å². The molecule has 3 nitrogen and oxygen atoms in total. The molecule has 0 aliphatic carbocycles. The quantitative estimate of drug-likeness (QED) is 0.577. The van der Waals surface area contributed by atoms with Crippen molar-refractivity contribution in [3.63, 3.8) is 0 Å². The molecule has 4 heteroatoms. The number of piperidine rings is 1. The van der Waals surface area contributed by atoms with Gasteiger partial charge in [0, 0.05) is 24.0 Å². The van der Waals surface area contributed by atoms with E-state index in [-0.39, 0.29) is 12.4 Å². The summed E-state index contributed by atoms with van der Waals surface area (Å²) in [6.07, 6.45) is 5.41. The number of halogens is 1. The second-order valence-electron chi connectivity index (χ2n) is 7.17. The van der Waals surface area contributed by atoms with E-state index >= 15 is 0 Å². The predicted molar refractivity (Wildman–Crippen MR) is 112 cm³/mol. The zero-order chi connectivity index (χ0) is 17.2. The van der Waals surface area contributed by atoms with Crippen LogP contribution in [0.5, 0.6) is 0 Å². The van der Waals surface area contributed by atoms with Gasteiger partial charge < -0.3 is 0 Å². The fraction of sp³-hybridized carbons (Fsp3) is 0.409. The molecule has 0 radical (unpaired) electrons. The van der Waals surface area contributed by atoms with Gasteiger partial charge in [-0.2, -0.15) is 5.10 Å². The van der Waals surface area contributed by atoms with Crippen LogP contribution in [0.2, 0.25) is 0 Å². The Bertz CT molecular complexity index is 850. The highest BCUT2D eigenvalue weighted by molar-refractivity contribution is 5.93. The van der Waals surface area contributed by atoms with Crippen molar-refractivity contribution >= 4 is 23.3 Å². The fourth-order valence-corrected chi connectivity index (χ4v) is 4.09. The number of nitrogens with zero attached hydrogens (tertiary/aromatic N) is 3. The van der Waals surface area contributed by atoms with E-state index in [4.69, 9.17) is 5.10 Å². The van der Waals surface area contributed by atoms with Crippen molar-refractivity contribution in [1.82, 2.24) is 14.7 Å². The van der Waals surface area contributed by atoms with Gasteiger partial charge in [-0.25, -0.2) is 4.68 Å². The summed E-state index contributed by atoms with van der Waals surface area (Å²) in [4.78, 5) is 2.62. The van der Waals surface area contributed by atoms with Crippen LogP contribution in [0.25, 0.3) is 22.2 Å².